The monoisotopic (exact) mass is 366 g/mol. The van der Waals surface area contributed by atoms with Crippen LogP contribution < -0.4 is 0 Å². The van der Waals surface area contributed by atoms with Gasteiger partial charge < -0.3 is 20.1 Å². The van der Waals surface area contributed by atoms with Gasteiger partial charge in [0.2, 0.25) is 0 Å². The molecule has 0 aliphatic heterocycles. The Labute approximate surface area is 156 Å². The molecule has 0 spiro atoms. The van der Waals surface area contributed by atoms with Crippen molar-refractivity contribution in [1.82, 2.24) is 0 Å². The van der Waals surface area contributed by atoms with Gasteiger partial charge in [-0.2, -0.15) is 0 Å². The fraction of sp³-hybridized carbons (Fsp3) is 0.762. The summed E-state index contributed by atoms with van der Waals surface area (Å²) in [5, 5.41) is 29.6. The second-order valence-corrected chi connectivity index (χ2v) is 7.99. The molecule has 5 heteroatoms. The standard InChI is InChI=1S/C21H34O5/c1-3-4-5-14(2)6-7-18(22)21-17-11-15(8-9-26-13-20(24)25)10-16(17)12-19(21)23/h7,10,14,16-17,19,21-23H,3-6,8-9,11-13H2,1-2H3,(H,24,25)/t14?,16-,17-,19+,21-/m1/s1. The van der Waals surface area contributed by atoms with E-state index >= 15 is 0 Å². The number of hydrogen-bond acceptors (Lipinski definition) is 4. The lowest BCUT2D eigenvalue weighted by Crippen LogP contribution is -2.22. The van der Waals surface area contributed by atoms with Crippen LogP contribution in [0.4, 0.5) is 0 Å². The third kappa shape index (κ3) is 5.85. The molecular formula is C21H34O5. The van der Waals surface area contributed by atoms with Gasteiger partial charge >= 0.3 is 5.97 Å². The van der Waals surface area contributed by atoms with Crippen molar-refractivity contribution < 1.29 is 24.9 Å². The number of carbonyl (C=O) groups is 1. The highest BCUT2D eigenvalue weighted by molar-refractivity contribution is 5.67. The first-order valence-corrected chi connectivity index (χ1v) is 9.98. The first kappa shape index (κ1) is 21.0. The second-order valence-electron chi connectivity index (χ2n) is 7.99. The van der Waals surface area contributed by atoms with Crippen LogP contribution in [0.15, 0.2) is 23.5 Å². The summed E-state index contributed by atoms with van der Waals surface area (Å²) >= 11 is 0. The van der Waals surface area contributed by atoms with Crippen LogP contribution in [-0.4, -0.2) is 40.6 Å². The van der Waals surface area contributed by atoms with Crippen LogP contribution in [0.25, 0.3) is 0 Å². The highest BCUT2D eigenvalue weighted by Gasteiger charge is 2.46. The SMILES string of the molecule is CCCCC(C)CC=C(O)[C@H]1[C@@H]2CC(CCOCC(=O)O)=C[C@@H]2C[C@@H]1O. The van der Waals surface area contributed by atoms with Gasteiger partial charge in [-0.3, -0.25) is 0 Å². The topological polar surface area (TPSA) is 87.0 Å². The van der Waals surface area contributed by atoms with Gasteiger partial charge in [0.25, 0.3) is 0 Å². The van der Waals surface area contributed by atoms with Crippen LogP contribution in [0.3, 0.4) is 0 Å². The minimum absolute atomic E-state index is 0.174. The summed E-state index contributed by atoms with van der Waals surface area (Å²) in [6, 6.07) is 0. The molecule has 0 bridgehead atoms. The lowest BCUT2D eigenvalue weighted by Gasteiger charge is -2.22. The second kappa shape index (κ2) is 10.1. The zero-order valence-corrected chi connectivity index (χ0v) is 16.1. The fourth-order valence-corrected chi connectivity index (χ4v) is 4.39. The van der Waals surface area contributed by atoms with Crippen molar-refractivity contribution in [3.8, 4) is 0 Å². The van der Waals surface area contributed by atoms with Gasteiger partial charge in [-0.1, -0.05) is 44.8 Å². The molecule has 0 aromatic rings. The van der Waals surface area contributed by atoms with Crippen molar-refractivity contribution in [2.45, 2.75) is 64.9 Å². The molecular weight excluding hydrogens is 332 g/mol. The number of unbranched alkanes of at least 4 members (excludes halogenated alkanes) is 1. The Balaban J connectivity index is 1.85. The molecule has 26 heavy (non-hydrogen) atoms. The van der Waals surface area contributed by atoms with Crippen molar-refractivity contribution in [2.24, 2.45) is 23.7 Å². The average Bonchev–Trinajstić information content (AvgIpc) is 3.10. The van der Waals surface area contributed by atoms with Crippen molar-refractivity contribution in [3.05, 3.63) is 23.5 Å². The van der Waals surface area contributed by atoms with E-state index in [-0.39, 0.29) is 18.4 Å². The quantitative estimate of drug-likeness (QED) is 0.291. The maximum atomic E-state index is 10.6. The van der Waals surface area contributed by atoms with Gasteiger partial charge in [-0.25, -0.2) is 4.79 Å². The number of allylic oxidation sites excluding steroid dienone is 2. The number of carboxylic acids is 1. The summed E-state index contributed by atoms with van der Waals surface area (Å²) in [4.78, 5) is 10.5. The number of aliphatic hydroxyl groups is 2. The van der Waals surface area contributed by atoms with Crippen molar-refractivity contribution in [3.63, 3.8) is 0 Å². The molecule has 1 fully saturated rings. The minimum atomic E-state index is -0.950. The van der Waals surface area contributed by atoms with E-state index in [1.165, 1.54) is 24.8 Å². The number of carboxylic acid groups (broad SMARTS) is 1. The summed E-state index contributed by atoms with van der Waals surface area (Å²) in [5.41, 5.74) is 1.26. The molecule has 2 aliphatic rings. The molecule has 148 valence electrons. The highest BCUT2D eigenvalue weighted by atomic mass is 16.5. The average molecular weight is 366 g/mol. The number of aliphatic hydroxyl groups excluding tert-OH is 2. The van der Waals surface area contributed by atoms with Crippen LogP contribution in [0.1, 0.15) is 58.8 Å². The molecule has 2 aliphatic carbocycles. The molecule has 5 nitrogen and oxygen atoms in total. The maximum Gasteiger partial charge on any atom is 0.329 e. The third-order valence-corrected chi connectivity index (χ3v) is 5.80. The largest absolute Gasteiger partial charge is 0.512 e. The van der Waals surface area contributed by atoms with Crippen molar-refractivity contribution in [1.29, 1.82) is 0 Å². The molecule has 0 saturated heterocycles. The molecule has 0 radical (unpaired) electrons. The van der Waals surface area contributed by atoms with Gasteiger partial charge in [0.15, 0.2) is 0 Å². The van der Waals surface area contributed by atoms with Gasteiger partial charge in [-0.15, -0.1) is 0 Å². The highest BCUT2D eigenvalue weighted by Crippen LogP contribution is 2.49. The number of rotatable bonds is 11. The molecule has 1 unspecified atom stereocenters. The first-order valence-electron chi connectivity index (χ1n) is 9.98. The van der Waals surface area contributed by atoms with Crippen LogP contribution >= 0.6 is 0 Å². The van der Waals surface area contributed by atoms with E-state index in [1.54, 1.807) is 0 Å². The van der Waals surface area contributed by atoms with E-state index in [1.807, 2.05) is 6.08 Å². The van der Waals surface area contributed by atoms with E-state index in [4.69, 9.17) is 9.84 Å². The van der Waals surface area contributed by atoms with Crippen LogP contribution in [0, 0.1) is 23.7 Å². The van der Waals surface area contributed by atoms with Crippen LogP contribution in [-0.2, 0) is 9.53 Å². The molecule has 0 amide bonds. The fourth-order valence-electron chi connectivity index (χ4n) is 4.39. The molecule has 2 rings (SSSR count). The Morgan fingerprint density at radius 2 is 2.19 bits per heavy atom. The molecule has 1 saturated carbocycles. The predicted molar refractivity (Wildman–Crippen MR) is 101 cm³/mol. The first-order chi connectivity index (χ1) is 12.4. The Morgan fingerprint density at radius 1 is 1.42 bits per heavy atom. The van der Waals surface area contributed by atoms with Crippen molar-refractivity contribution in [2.75, 3.05) is 13.2 Å². The Hall–Kier alpha value is -1.33. The summed E-state index contributed by atoms with van der Waals surface area (Å²) in [7, 11) is 0. The van der Waals surface area contributed by atoms with E-state index in [2.05, 4.69) is 19.9 Å². The number of aliphatic carboxylic acids is 1. The van der Waals surface area contributed by atoms with E-state index in [9.17, 15) is 15.0 Å². The summed E-state index contributed by atoms with van der Waals surface area (Å²) in [6.07, 6.45) is 10.3. The molecule has 0 aromatic carbocycles. The zero-order valence-electron chi connectivity index (χ0n) is 16.1. The van der Waals surface area contributed by atoms with Crippen molar-refractivity contribution >= 4 is 5.97 Å². The number of ether oxygens (including phenoxy) is 1. The van der Waals surface area contributed by atoms with Gasteiger partial charge in [-0.05, 0) is 49.5 Å². The Bertz CT molecular complexity index is 524. The molecule has 5 atom stereocenters. The minimum Gasteiger partial charge on any atom is -0.512 e. The smallest absolute Gasteiger partial charge is 0.329 e. The van der Waals surface area contributed by atoms with E-state index in [0.29, 0.717) is 30.6 Å². The molecule has 0 heterocycles. The van der Waals surface area contributed by atoms with Gasteiger partial charge in [0.1, 0.15) is 6.61 Å². The lowest BCUT2D eigenvalue weighted by atomic mass is 9.87. The zero-order chi connectivity index (χ0) is 19.1. The van der Waals surface area contributed by atoms with Gasteiger partial charge in [0.05, 0.1) is 18.5 Å². The maximum absolute atomic E-state index is 10.6. The normalized spacial score (nSPS) is 29.5. The Morgan fingerprint density at radius 3 is 2.88 bits per heavy atom. The summed E-state index contributed by atoms with van der Waals surface area (Å²) in [6.45, 7) is 4.54. The number of fused-ring (bicyclic) bond motifs is 1. The molecule has 3 N–H and O–H groups in total. The summed E-state index contributed by atoms with van der Waals surface area (Å²) < 4.78 is 5.12. The van der Waals surface area contributed by atoms with Gasteiger partial charge in [0, 0.05) is 5.92 Å². The summed E-state index contributed by atoms with van der Waals surface area (Å²) in [5.74, 6) is 0.333. The van der Waals surface area contributed by atoms with E-state index < -0.39 is 12.1 Å². The lowest BCUT2D eigenvalue weighted by molar-refractivity contribution is -0.142. The third-order valence-electron chi connectivity index (χ3n) is 5.80. The molecule has 0 aromatic heterocycles. The van der Waals surface area contributed by atoms with Crippen LogP contribution in [0.5, 0.6) is 0 Å². The van der Waals surface area contributed by atoms with Crippen LogP contribution in [0.2, 0.25) is 0 Å². The predicted octanol–water partition coefficient (Wildman–Crippen LogP) is 4.08. The Kier molecular flexibility index (Phi) is 8.16. The van der Waals surface area contributed by atoms with E-state index in [0.717, 1.165) is 19.3 Å². The number of hydrogen-bond donors (Lipinski definition) is 3.